The zero-order valence-electron chi connectivity index (χ0n) is 19.6. The van der Waals surface area contributed by atoms with E-state index in [1.165, 1.54) is 5.69 Å². The van der Waals surface area contributed by atoms with Crippen LogP contribution in [-0.2, 0) is 6.42 Å². The van der Waals surface area contributed by atoms with Gasteiger partial charge in [-0.1, -0.05) is 26.0 Å². The molecule has 0 fully saturated rings. The third-order valence-corrected chi connectivity index (χ3v) is 6.19. The molecule has 0 amide bonds. The molecule has 3 rings (SSSR count). The highest BCUT2D eigenvalue weighted by atomic mass is 16.2. The van der Waals surface area contributed by atoms with Gasteiger partial charge in [0.05, 0.1) is 0 Å². The number of nitrogens with one attached hydrogen (secondary N) is 1. The van der Waals surface area contributed by atoms with Crippen LogP contribution in [-0.4, -0.2) is 42.5 Å². The van der Waals surface area contributed by atoms with E-state index in [1.807, 2.05) is 6.20 Å². The van der Waals surface area contributed by atoms with Crippen molar-refractivity contribution < 1.29 is 9.36 Å². The molecule has 0 bridgehead atoms. The van der Waals surface area contributed by atoms with Crippen LogP contribution in [0.25, 0.3) is 11.3 Å². The molecule has 0 saturated carbocycles. The smallest absolute Gasteiger partial charge is 0.359 e. The van der Waals surface area contributed by atoms with Crippen molar-refractivity contribution in [2.75, 3.05) is 29.9 Å². The van der Waals surface area contributed by atoms with Gasteiger partial charge in [0.25, 0.3) is 0 Å². The lowest BCUT2D eigenvalue weighted by Crippen LogP contribution is -2.45. The van der Waals surface area contributed by atoms with E-state index in [0.29, 0.717) is 13.0 Å². The number of rotatable bonds is 10. The Labute approximate surface area is 190 Å². The molecule has 5 N–H and O–H groups in total. The van der Waals surface area contributed by atoms with Crippen LogP contribution < -0.4 is 26.3 Å². The van der Waals surface area contributed by atoms with Crippen LogP contribution in [0.5, 0.6) is 0 Å². The molecule has 1 aromatic carbocycles. The van der Waals surface area contributed by atoms with Crippen LogP contribution in [0.15, 0.2) is 35.5 Å². The van der Waals surface area contributed by atoms with E-state index in [2.05, 4.69) is 67.2 Å². The van der Waals surface area contributed by atoms with Crippen LogP contribution >= 0.6 is 0 Å². The Kier molecular flexibility index (Phi) is 7.66. The maximum absolute atomic E-state index is 13.2. The van der Waals surface area contributed by atoms with E-state index in [-0.39, 0.29) is 23.8 Å². The topological polar surface area (TPSA) is 114 Å². The molecular formula is C24H36N7O+. The highest BCUT2D eigenvalue weighted by Crippen LogP contribution is 2.27. The molecule has 2 unspecified atom stereocenters. The Bertz CT molecular complexity index is 963. The molecule has 1 aliphatic heterocycles. The van der Waals surface area contributed by atoms with E-state index < -0.39 is 0 Å². The lowest BCUT2D eigenvalue weighted by atomic mass is 9.99. The molecule has 1 aromatic heterocycles. The maximum Gasteiger partial charge on any atom is 0.359 e. The van der Waals surface area contributed by atoms with E-state index in [1.54, 1.807) is 4.57 Å². The van der Waals surface area contributed by atoms with E-state index in [9.17, 15) is 4.79 Å². The molecule has 32 heavy (non-hydrogen) atoms. The fraction of sp³-hybridized carbons (Fsp3) is 0.500. The molecule has 0 aliphatic carbocycles. The second-order valence-electron chi connectivity index (χ2n) is 8.27. The summed E-state index contributed by atoms with van der Waals surface area (Å²) in [7, 11) is 0. The van der Waals surface area contributed by atoms with Crippen LogP contribution in [0, 0.1) is 5.92 Å². The summed E-state index contributed by atoms with van der Waals surface area (Å²) >= 11 is 0. The van der Waals surface area contributed by atoms with Crippen LogP contribution in [0.2, 0.25) is 0 Å². The van der Waals surface area contributed by atoms with Gasteiger partial charge in [-0.05, 0) is 45.2 Å². The number of nitrogens with two attached hydrogens (primary N) is 2. The Morgan fingerprint density at radius 2 is 1.91 bits per heavy atom. The molecule has 0 radical (unpaired) electrons. The molecule has 2 aromatic rings. The van der Waals surface area contributed by atoms with Crippen LogP contribution in [0.4, 0.5) is 11.5 Å². The van der Waals surface area contributed by atoms with Gasteiger partial charge in [0.15, 0.2) is 12.0 Å². The van der Waals surface area contributed by atoms with Gasteiger partial charge in [-0.15, -0.1) is 0 Å². The first-order valence-corrected chi connectivity index (χ1v) is 11.6. The number of nitrogens with zero attached hydrogens (tertiary/aromatic N) is 4. The highest BCUT2D eigenvalue weighted by molar-refractivity contribution is 5.82. The summed E-state index contributed by atoms with van der Waals surface area (Å²) in [6.45, 7) is 10.9. The number of aryl methyl sites for hydroxylation is 1. The van der Waals surface area contributed by atoms with Crippen molar-refractivity contribution in [1.29, 1.82) is 0 Å². The molecular weight excluding hydrogens is 402 g/mol. The first-order valence-electron chi connectivity index (χ1n) is 11.6. The molecule has 1 aliphatic rings. The SMILES string of the molecule is CCC(C)C1Nc2c(CCCN=C(N)N)nc(-c3ccc(N(CC)CC)cc3)c[n+]2C1=O. The standard InChI is InChI=1S/C24H35N7O/c1-5-16(4)21-23(32)31-15-20(17-10-12-18(13-11-17)30(6-2)7-3)28-19(22(31)29-21)9-8-14-27-24(25)26/h10-13,15-16,21H,5-9,14H2,1-4H3,(H4,25,26,27)/p+1. The van der Waals surface area contributed by atoms with Gasteiger partial charge in [-0.2, -0.15) is 4.57 Å². The van der Waals surface area contributed by atoms with Crippen LogP contribution in [0.1, 0.15) is 51.0 Å². The second kappa shape index (κ2) is 10.4. The lowest BCUT2D eigenvalue weighted by Gasteiger charge is -2.21. The third kappa shape index (κ3) is 5.00. The zero-order valence-corrected chi connectivity index (χ0v) is 19.6. The van der Waals surface area contributed by atoms with Gasteiger partial charge in [0, 0.05) is 36.8 Å². The molecule has 0 spiro atoms. The maximum atomic E-state index is 13.2. The number of aromatic nitrogens is 2. The minimum Gasteiger partial charge on any atom is -0.372 e. The van der Waals surface area contributed by atoms with E-state index in [0.717, 1.165) is 48.7 Å². The van der Waals surface area contributed by atoms with Crippen molar-refractivity contribution in [3.8, 4) is 11.3 Å². The average molecular weight is 439 g/mol. The quantitative estimate of drug-likeness (QED) is 0.227. The van der Waals surface area contributed by atoms with Crippen molar-refractivity contribution in [1.82, 2.24) is 4.98 Å². The summed E-state index contributed by atoms with van der Waals surface area (Å²) in [6.07, 6.45) is 4.20. The third-order valence-electron chi connectivity index (χ3n) is 6.19. The summed E-state index contributed by atoms with van der Waals surface area (Å²) in [5, 5.41) is 3.43. The predicted molar refractivity (Wildman–Crippen MR) is 130 cm³/mol. The molecule has 8 nitrogen and oxygen atoms in total. The lowest BCUT2D eigenvalue weighted by molar-refractivity contribution is -0.553. The first kappa shape index (κ1) is 23.5. The number of guanidine groups is 1. The predicted octanol–water partition coefficient (Wildman–Crippen LogP) is 2.57. The summed E-state index contributed by atoms with van der Waals surface area (Å²) in [4.78, 5) is 24.5. The summed E-state index contributed by atoms with van der Waals surface area (Å²) in [5.41, 5.74) is 14.7. The minimum atomic E-state index is -0.237. The number of carbonyl (C=O) groups excluding carboxylic acids is 1. The van der Waals surface area contributed by atoms with Gasteiger partial charge in [0.2, 0.25) is 0 Å². The summed E-state index contributed by atoms with van der Waals surface area (Å²) < 4.78 is 1.74. The Morgan fingerprint density at radius 1 is 1.22 bits per heavy atom. The number of hydrogen-bond acceptors (Lipinski definition) is 5. The second-order valence-corrected chi connectivity index (χ2v) is 8.27. The van der Waals surface area contributed by atoms with E-state index >= 15 is 0 Å². The van der Waals surface area contributed by atoms with Gasteiger partial charge in [-0.3, -0.25) is 10.3 Å². The number of anilines is 2. The number of hydrogen-bond donors (Lipinski definition) is 3. The van der Waals surface area contributed by atoms with Crippen molar-refractivity contribution in [3.05, 3.63) is 36.2 Å². The fourth-order valence-corrected chi connectivity index (χ4v) is 4.06. The van der Waals surface area contributed by atoms with Gasteiger partial charge >= 0.3 is 11.7 Å². The van der Waals surface area contributed by atoms with Crippen molar-refractivity contribution in [3.63, 3.8) is 0 Å². The fourth-order valence-electron chi connectivity index (χ4n) is 4.06. The summed E-state index contributed by atoms with van der Waals surface area (Å²) in [6, 6.07) is 8.14. The largest absolute Gasteiger partial charge is 0.372 e. The molecule has 172 valence electrons. The Morgan fingerprint density at radius 3 is 2.50 bits per heavy atom. The van der Waals surface area contributed by atoms with Gasteiger partial charge in [-0.25, -0.2) is 9.78 Å². The first-order chi connectivity index (χ1) is 15.4. The monoisotopic (exact) mass is 438 g/mol. The van der Waals surface area contributed by atoms with Crippen molar-refractivity contribution >= 4 is 23.4 Å². The van der Waals surface area contributed by atoms with Crippen LogP contribution in [0.3, 0.4) is 0 Å². The van der Waals surface area contributed by atoms with Crippen molar-refractivity contribution in [2.45, 2.75) is 53.0 Å². The normalized spacial score (nSPS) is 15.8. The minimum absolute atomic E-state index is 0.0724. The van der Waals surface area contributed by atoms with E-state index in [4.69, 9.17) is 16.5 Å². The summed E-state index contributed by atoms with van der Waals surface area (Å²) in [5.74, 6) is 1.18. The average Bonchev–Trinajstić information content (AvgIpc) is 3.14. The Balaban J connectivity index is 1.96. The van der Waals surface area contributed by atoms with Crippen molar-refractivity contribution in [2.24, 2.45) is 22.4 Å². The number of aliphatic imine (C=N–C) groups is 1. The molecule has 0 saturated heterocycles. The molecule has 2 heterocycles. The molecule has 8 heteroatoms. The number of fused-ring (bicyclic) bond motifs is 1. The number of benzene rings is 1. The van der Waals surface area contributed by atoms with Gasteiger partial charge < -0.3 is 16.4 Å². The Hall–Kier alpha value is -3.16. The highest BCUT2D eigenvalue weighted by Gasteiger charge is 2.43. The number of carbonyl (C=O) groups is 1. The zero-order chi connectivity index (χ0) is 23.3. The van der Waals surface area contributed by atoms with Gasteiger partial charge in [0.1, 0.15) is 17.6 Å². The molecule has 2 atom stereocenters.